The van der Waals surface area contributed by atoms with E-state index in [1.165, 1.54) is 37.5 Å². The van der Waals surface area contributed by atoms with E-state index in [2.05, 4.69) is 10.6 Å². The zero-order valence-electron chi connectivity index (χ0n) is 18.7. The Labute approximate surface area is 197 Å². The first kappa shape index (κ1) is 23.9. The summed E-state index contributed by atoms with van der Waals surface area (Å²) in [5, 5.41) is 24.2. The van der Waals surface area contributed by atoms with Gasteiger partial charge < -0.3 is 25.2 Å². The maximum Gasteiger partial charge on any atom is 0.266 e. The molecule has 0 atom stereocenters. The molecule has 0 heterocycles. The lowest BCUT2D eigenvalue weighted by molar-refractivity contribution is -0.118. The van der Waals surface area contributed by atoms with Crippen molar-refractivity contribution in [3.8, 4) is 23.3 Å². The standard InChI is InChI=1S/C26H23N3O5/c1-17-5-3-4-6-22(17)29-25(31)16-34-23-12-7-18(14-24(23)33-2)13-19(15-27)26(32)28-20-8-10-21(30)11-9-20/h3-14,30H,16H2,1-2H3,(H,28,32)(H,29,31)/b19-13+. The third-order valence-electron chi connectivity index (χ3n) is 4.77. The number of nitrogens with zero attached hydrogens (tertiary/aromatic N) is 1. The second-order valence-electron chi connectivity index (χ2n) is 7.23. The van der Waals surface area contributed by atoms with Gasteiger partial charge in [0.1, 0.15) is 17.4 Å². The predicted molar refractivity (Wildman–Crippen MR) is 129 cm³/mol. The number of anilines is 2. The van der Waals surface area contributed by atoms with Crippen molar-refractivity contribution in [3.05, 3.63) is 83.4 Å². The zero-order valence-corrected chi connectivity index (χ0v) is 18.7. The number of aryl methyl sites for hydroxylation is 1. The highest BCUT2D eigenvalue weighted by Crippen LogP contribution is 2.29. The van der Waals surface area contributed by atoms with Crippen LogP contribution in [0.2, 0.25) is 0 Å². The third-order valence-corrected chi connectivity index (χ3v) is 4.77. The first-order valence-electron chi connectivity index (χ1n) is 10.3. The van der Waals surface area contributed by atoms with Crippen LogP contribution in [0.3, 0.4) is 0 Å². The number of carbonyl (C=O) groups is 2. The Hall–Kier alpha value is -4.77. The predicted octanol–water partition coefficient (Wildman–Crippen LogP) is 4.27. The number of methoxy groups -OCH3 is 1. The minimum absolute atomic E-state index is 0.0658. The van der Waals surface area contributed by atoms with Crippen molar-refractivity contribution < 1.29 is 24.2 Å². The zero-order chi connectivity index (χ0) is 24.5. The fraction of sp³-hybridized carbons (Fsp3) is 0.115. The summed E-state index contributed by atoms with van der Waals surface area (Å²) in [5.41, 5.74) is 2.49. The summed E-state index contributed by atoms with van der Waals surface area (Å²) in [7, 11) is 1.45. The number of carbonyl (C=O) groups excluding carboxylic acids is 2. The van der Waals surface area contributed by atoms with E-state index < -0.39 is 5.91 Å². The van der Waals surface area contributed by atoms with E-state index in [0.717, 1.165) is 5.56 Å². The van der Waals surface area contributed by atoms with Gasteiger partial charge in [0, 0.05) is 11.4 Å². The van der Waals surface area contributed by atoms with Crippen LogP contribution >= 0.6 is 0 Å². The number of aromatic hydroxyl groups is 1. The number of para-hydroxylation sites is 1. The molecule has 0 spiro atoms. The van der Waals surface area contributed by atoms with Crippen LogP contribution in [0, 0.1) is 18.3 Å². The Kier molecular flexibility index (Phi) is 7.87. The Morgan fingerprint density at radius 2 is 1.76 bits per heavy atom. The number of rotatable bonds is 8. The summed E-state index contributed by atoms with van der Waals surface area (Å²) in [5.74, 6) is -0.172. The molecule has 3 aromatic rings. The third kappa shape index (κ3) is 6.37. The van der Waals surface area contributed by atoms with Gasteiger partial charge in [-0.25, -0.2) is 0 Å². The maximum atomic E-state index is 12.4. The van der Waals surface area contributed by atoms with E-state index in [1.807, 2.05) is 31.2 Å². The topological polar surface area (TPSA) is 121 Å². The Morgan fingerprint density at radius 1 is 1.03 bits per heavy atom. The van der Waals surface area contributed by atoms with E-state index in [9.17, 15) is 20.0 Å². The molecule has 8 heteroatoms. The molecule has 2 amide bonds. The van der Waals surface area contributed by atoms with Gasteiger partial charge in [-0.2, -0.15) is 5.26 Å². The molecule has 0 saturated carbocycles. The average molecular weight is 457 g/mol. The fourth-order valence-corrected chi connectivity index (χ4v) is 2.99. The van der Waals surface area contributed by atoms with Crippen LogP contribution in [0.25, 0.3) is 6.08 Å². The lowest BCUT2D eigenvalue weighted by Gasteiger charge is -2.12. The van der Waals surface area contributed by atoms with E-state index in [0.29, 0.717) is 28.4 Å². The molecule has 0 saturated heterocycles. The van der Waals surface area contributed by atoms with Gasteiger partial charge in [0.2, 0.25) is 0 Å². The Bertz CT molecular complexity index is 1260. The SMILES string of the molecule is COc1cc(/C=C(\C#N)C(=O)Nc2ccc(O)cc2)ccc1OCC(=O)Nc1ccccc1C. The van der Waals surface area contributed by atoms with Gasteiger partial charge in [-0.05, 0) is 66.6 Å². The van der Waals surface area contributed by atoms with Crippen LogP contribution in [0.1, 0.15) is 11.1 Å². The van der Waals surface area contributed by atoms with Crippen molar-refractivity contribution in [2.75, 3.05) is 24.4 Å². The molecule has 8 nitrogen and oxygen atoms in total. The molecule has 3 rings (SSSR count). The summed E-state index contributed by atoms with van der Waals surface area (Å²) in [6.45, 7) is 1.67. The van der Waals surface area contributed by atoms with Gasteiger partial charge in [0.15, 0.2) is 18.1 Å². The normalized spacial score (nSPS) is 10.7. The fourth-order valence-electron chi connectivity index (χ4n) is 2.99. The van der Waals surface area contributed by atoms with E-state index in [1.54, 1.807) is 24.3 Å². The first-order chi connectivity index (χ1) is 16.4. The number of amides is 2. The highest BCUT2D eigenvalue weighted by molar-refractivity contribution is 6.09. The van der Waals surface area contributed by atoms with Gasteiger partial charge in [-0.3, -0.25) is 9.59 Å². The molecule has 3 aromatic carbocycles. The van der Waals surface area contributed by atoms with Crippen LogP contribution in [-0.4, -0.2) is 30.6 Å². The minimum Gasteiger partial charge on any atom is -0.508 e. The average Bonchev–Trinajstić information content (AvgIpc) is 2.84. The van der Waals surface area contributed by atoms with Crippen LogP contribution in [-0.2, 0) is 9.59 Å². The molecule has 0 radical (unpaired) electrons. The van der Waals surface area contributed by atoms with Crippen molar-refractivity contribution in [2.45, 2.75) is 6.92 Å². The van der Waals surface area contributed by atoms with Gasteiger partial charge in [0.25, 0.3) is 11.8 Å². The van der Waals surface area contributed by atoms with Gasteiger partial charge in [-0.15, -0.1) is 0 Å². The quantitative estimate of drug-likeness (QED) is 0.264. The lowest BCUT2D eigenvalue weighted by atomic mass is 10.1. The smallest absolute Gasteiger partial charge is 0.266 e. The molecule has 34 heavy (non-hydrogen) atoms. The van der Waals surface area contributed by atoms with E-state index >= 15 is 0 Å². The number of hydrogen-bond donors (Lipinski definition) is 3. The molecule has 0 aliphatic heterocycles. The number of nitrogens with one attached hydrogen (secondary N) is 2. The Balaban J connectivity index is 1.68. The maximum absolute atomic E-state index is 12.4. The number of phenols is 1. The van der Waals surface area contributed by atoms with Crippen LogP contribution in [0.15, 0.2) is 72.3 Å². The summed E-state index contributed by atoms with van der Waals surface area (Å²) in [6, 6.07) is 20.0. The molecule has 0 bridgehead atoms. The molecule has 0 aliphatic carbocycles. The molecule has 0 fully saturated rings. The van der Waals surface area contributed by atoms with Crippen molar-refractivity contribution >= 4 is 29.3 Å². The second-order valence-corrected chi connectivity index (χ2v) is 7.23. The van der Waals surface area contributed by atoms with E-state index in [-0.39, 0.29) is 23.8 Å². The molecular weight excluding hydrogens is 434 g/mol. The number of hydrogen-bond acceptors (Lipinski definition) is 6. The largest absolute Gasteiger partial charge is 0.508 e. The van der Waals surface area contributed by atoms with Crippen LogP contribution in [0.5, 0.6) is 17.2 Å². The summed E-state index contributed by atoms with van der Waals surface area (Å²) < 4.78 is 10.9. The van der Waals surface area contributed by atoms with Gasteiger partial charge >= 0.3 is 0 Å². The molecular formula is C26H23N3O5. The molecule has 0 unspecified atom stereocenters. The van der Waals surface area contributed by atoms with Gasteiger partial charge in [0.05, 0.1) is 7.11 Å². The number of nitriles is 1. The molecule has 0 aromatic heterocycles. The summed E-state index contributed by atoms with van der Waals surface area (Å²) >= 11 is 0. The van der Waals surface area contributed by atoms with Crippen molar-refractivity contribution in [3.63, 3.8) is 0 Å². The van der Waals surface area contributed by atoms with Crippen molar-refractivity contribution in [1.29, 1.82) is 5.26 Å². The van der Waals surface area contributed by atoms with E-state index in [4.69, 9.17) is 9.47 Å². The highest BCUT2D eigenvalue weighted by Gasteiger charge is 2.13. The first-order valence-corrected chi connectivity index (χ1v) is 10.3. The monoisotopic (exact) mass is 457 g/mol. The second kappa shape index (κ2) is 11.2. The molecule has 172 valence electrons. The highest BCUT2D eigenvalue weighted by atomic mass is 16.5. The molecule has 0 aliphatic rings. The lowest BCUT2D eigenvalue weighted by Crippen LogP contribution is -2.20. The van der Waals surface area contributed by atoms with Crippen LogP contribution in [0.4, 0.5) is 11.4 Å². The minimum atomic E-state index is -0.597. The summed E-state index contributed by atoms with van der Waals surface area (Å²) in [4.78, 5) is 24.7. The Morgan fingerprint density at radius 3 is 2.44 bits per heavy atom. The number of benzene rings is 3. The molecule has 3 N–H and O–H groups in total. The van der Waals surface area contributed by atoms with Gasteiger partial charge in [-0.1, -0.05) is 24.3 Å². The number of ether oxygens (including phenoxy) is 2. The van der Waals surface area contributed by atoms with Crippen molar-refractivity contribution in [2.24, 2.45) is 0 Å². The summed E-state index contributed by atoms with van der Waals surface area (Å²) in [6.07, 6.45) is 1.41. The number of phenolic OH excluding ortho intramolecular Hbond substituents is 1. The van der Waals surface area contributed by atoms with Crippen LogP contribution < -0.4 is 20.1 Å². The van der Waals surface area contributed by atoms with Crippen molar-refractivity contribution in [1.82, 2.24) is 0 Å².